The molecule has 0 radical (unpaired) electrons. The molecule has 0 bridgehead atoms. The molecule has 1 spiro atoms. The standard InChI is InChI=1S/C16H17F2NO3/c17-11-6-12(18)8-13(7-11)19-5-4-16(15(19)22)3-1-2-10(9-16)14(20)21/h6-8,10H,1-5,9H2,(H,20,21)/t10-,16+/m1/s1. The van der Waals surface area contributed by atoms with Crippen molar-refractivity contribution in [3.8, 4) is 0 Å². The van der Waals surface area contributed by atoms with Gasteiger partial charge in [-0.2, -0.15) is 0 Å². The van der Waals surface area contributed by atoms with Crippen LogP contribution in [0.2, 0.25) is 0 Å². The number of rotatable bonds is 2. The van der Waals surface area contributed by atoms with Crippen LogP contribution < -0.4 is 4.90 Å². The zero-order chi connectivity index (χ0) is 15.9. The molecule has 1 saturated carbocycles. The molecule has 118 valence electrons. The Morgan fingerprint density at radius 2 is 1.91 bits per heavy atom. The quantitative estimate of drug-likeness (QED) is 0.914. The van der Waals surface area contributed by atoms with Gasteiger partial charge in [-0.1, -0.05) is 6.42 Å². The van der Waals surface area contributed by atoms with Gasteiger partial charge in [-0.3, -0.25) is 9.59 Å². The fraction of sp³-hybridized carbons (Fsp3) is 0.500. The lowest BCUT2D eigenvalue weighted by atomic mass is 9.68. The number of amides is 1. The molecule has 1 aliphatic heterocycles. The Kier molecular flexibility index (Phi) is 3.62. The highest BCUT2D eigenvalue weighted by molar-refractivity contribution is 6.00. The Hall–Kier alpha value is -1.98. The highest BCUT2D eigenvalue weighted by atomic mass is 19.1. The molecule has 1 N–H and O–H groups in total. The van der Waals surface area contributed by atoms with Crippen LogP contribution in [0.15, 0.2) is 18.2 Å². The van der Waals surface area contributed by atoms with E-state index in [9.17, 15) is 23.5 Å². The van der Waals surface area contributed by atoms with Gasteiger partial charge in [0.15, 0.2) is 0 Å². The molecule has 1 amide bonds. The largest absolute Gasteiger partial charge is 0.481 e. The number of carbonyl (C=O) groups is 2. The predicted octanol–water partition coefficient (Wildman–Crippen LogP) is 2.96. The van der Waals surface area contributed by atoms with Crippen LogP contribution in [0, 0.1) is 23.0 Å². The van der Waals surface area contributed by atoms with Crippen molar-refractivity contribution in [1.29, 1.82) is 0 Å². The number of hydrogen-bond donors (Lipinski definition) is 1. The molecule has 6 heteroatoms. The van der Waals surface area contributed by atoms with Crippen molar-refractivity contribution in [2.24, 2.45) is 11.3 Å². The van der Waals surface area contributed by atoms with E-state index in [0.717, 1.165) is 18.2 Å². The normalized spacial score (nSPS) is 28.4. The van der Waals surface area contributed by atoms with Crippen LogP contribution in [0.5, 0.6) is 0 Å². The first kappa shape index (κ1) is 14.9. The molecular weight excluding hydrogens is 292 g/mol. The van der Waals surface area contributed by atoms with Crippen molar-refractivity contribution in [2.45, 2.75) is 32.1 Å². The summed E-state index contributed by atoms with van der Waals surface area (Å²) in [4.78, 5) is 25.4. The van der Waals surface area contributed by atoms with Crippen LogP contribution in [0.25, 0.3) is 0 Å². The minimum Gasteiger partial charge on any atom is -0.481 e. The Labute approximate surface area is 126 Å². The van der Waals surface area contributed by atoms with Crippen LogP contribution in [-0.2, 0) is 9.59 Å². The lowest BCUT2D eigenvalue weighted by Crippen LogP contribution is -2.39. The molecule has 2 aliphatic rings. The SMILES string of the molecule is O=C(O)[C@@H]1CCC[C@]2(CCN(c3cc(F)cc(F)c3)C2=O)C1. The van der Waals surface area contributed by atoms with Gasteiger partial charge in [0.1, 0.15) is 11.6 Å². The zero-order valence-electron chi connectivity index (χ0n) is 12.0. The van der Waals surface area contributed by atoms with Crippen LogP contribution in [0.3, 0.4) is 0 Å². The highest BCUT2D eigenvalue weighted by Gasteiger charge is 2.50. The number of nitrogens with zero attached hydrogens (tertiary/aromatic N) is 1. The van der Waals surface area contributed by atoms with Gasteiger partial charge in [-0.05, 0) is 37.8 Å². The number of hydrogen-bond acceptors (Lipinski definition) is 2. The molecule has 0 aromatic heterocycles. The molecule has 1 saturated heterocycles. The maximum absolute atomic E-state index is 13.4. The molecule has 1 aliphatic carbocycles. The first-order chi connectivity index (χ1) is 10.4. The summed E-state index contributed by atoms with van der Waals surface area (Å²) in [6, 6.07) is 3.04. The van der Waals surface area contributed by atoms with Gasteiger partial charge >= 0.3 is 5.97 Å². The van der Waals surface area contributed by atoms with Gasteiger partial charge < -0.3 is 10.0 Å². The first-order valence-electron chi connectivity index (χ1n) is 7.42. The third-order valence-corrected chi connectivity index (χ3v) is 4.87. The van der Waals surface area contributed by atoms with Gasteiger partial charge in [-0.15, -0.1) is 0 Å². The van der Waals surface area contributed by atoms with Gasteiger partial charge in [0.2, 0.25) is 5.91 Å². The van der Waals surface area contributed by atoms with Gasteiger partial charge in [0.05, 0.1) is 11.3 Å². The van der Waals surface area contributed by atoms with E-state index in [0.29, 0.717) is 38.6 Å². The molecule has 2 fully saturated rings. The molecular formula is C16H17F2NO3. The Morgan fingerprint density at radius 1 is 1.23 bits per heavy atom. The summed E-state index contributed by atoms with van der Waals surface area (Å²) in [5.41, 5.74) is -0.485. The number of carboxylic acid groups (broad SMARTS) is 1. The van der Waals surface area contributed by atoms with Crippen molar-refractivity contribution >= 4 is 17.6 Å². The monoisotopic (exact) mass is 309 g/mol. The zero-order valence-corrected chi connectivity index (χ0v) is 12.0. The topological polar surface area (TPSA) is 57.6 Å². The van der Waals surface area contributed by atoms with E-state index in [1.54, 1.807) is 0 Å². The summed E-state index contributed by atoms with van der Waals surface area (Å²) in [5, 5.41) is 9.20. The lowest BCUT2D eigenvalue weighted by molar-refractivity contribution is -0.145. The van der Waals surface area contributed by atoms with Crippen molar-refractivity contribution in [1.82, 2.24) is 0 Å². The number of anilines is 1. The average Bonchev–Trinajstić information content (AvgIpc) is 2.75. The van der Waals surface area contributed by atoms with E-state index < -0.39 is 28.9 Å². The minimum absolute atomic E-state index is 0.205. The first-order valence-corrected chi connectivity index (χ1v) is 7.42. The van der Waals surface area contributed by atoms with E-state index in [1.165, 1.54) is 4.90 Å². The summed E-state index contributed by atoms with van der Waals surface area (Å²) in [6.07, 6.45) is 2.76. The summed E-state index contributed by atoms with van der Waals surface area (Å²) in [5.74, 6) is -3.04. The van der Waals surface area contributed by atoms with Gasteiger partial charge in [-0.25, -0.2) is 8.78 Å². The number of carboxylic acids is 1. The molecule has 22 heavy (non-hydrogen) atoms. The van der Waals surface area contributed by atoms with Crippen LogP contribution >= 0.6 is 0 Å². The second-order valence-electron chi connectivity index (χ2n) is 6.25. The smallest absolute Gasteiger partial charge is 0.306 e. The van der Waals surface area contributed by atoms with Crippen molar-refractivity contribution in [3.63, 3.8) is 0 Å². The van der Waals surface area contributed by atoms with Crippen molar-refractivity contribution < 1.29 is 23.5 Å². The maximum Gasteiger partial charge on any atom is 0.306 e. The fourth-order valence-corrected chi connectivity index (χ4v) is 3.76. The highest BCUT2D eigenvalue weighted by Crippen LogP contribution is 2.48. The summed E-state index contributed by atoms with van der Waals surface area (Å²) in [6.45, 7) is 0.369. The molecule has 1 heterocycles. The van der Waals surface area contributed by atoms with Gasteiger partial charge in [0, 0.05) is 18.3 Å². The Morgan fingerprint density at radius 3 is 2.55 bits per heavy atom. The van der Waals surface area contributed by atoms with E-state index in [-0.39, 0.29) is 11.6 Å². The van der Waals surface area contributed by atoms with Crippen molar-refractivity contribution in [2.75, 3.05) is 11.4 Å². The van der Waals surface area contributed by atoms with E-state index >= 15 is 0 Å². The molecule has 1 aromatic carbocycles. The number of aliphatic carboxylic acids is 1. The molecule has 4 nitrogen and oxygen atoms in total. The predicted molar refractivity (Wildman–Crippen MR) is 75.4 cm³/mol. The Balaban J connectivity index is 1.86. The van der Waals surface area contributed by atoms with Crippen LogP contribution in [-0.4, -0.2) is 23.5 Å². The van der Waals surface area contributed by atoms with E-state index in [4.69, 9.17) is 0 Å². The summed E-state index contributed by atoms with van der Waals surface area (Å²) < 4.78 is 26.7. The van der Waals surface area contributed by atoms with Crippen molar-refractivity contribution in [3.05, 3.63) is 29.8 Å². The van der Waals surface area contributed by atoms with E-state index in [1.807, 2.05) is 0 Å². The van der Waals surface area contributed by atoms with E-state index in [2.05, 4.69) is 0 Å². The molecule has 0 unspecified atom stereocenters. The number of benzene rings is 1. The maximum atomic E-state index is 13.4. The fourth-order valence-electron chi connectivity index (χ4n) is 3.76. The second kappa shape index (κ2) is 5.34. The van der Waals surface area contributed by atoms with Crippen LogP contribution in [0.1, 0.15) is 32.1 Å². The average molecular weight is 309 g/mol. The number of carbonyl (C=O) groups excluding carboxylic acids is 1. The molecule has 3 rings (SSSR count). The summed E-state index contributed by atoms with van der Waals surface area (Å²) >= 11 is 0. The summed E-state index contributed by atoms with van der Waals surface area (Å²) in [7, 11) is 0. The number of halogens is 2. The lowest BCUT2D eigenvalue weighted by Gasteiger charge is -2.34. The third kappa shape index (κ3) is 2.46. The minimum atomic E-state index is -0.873. The molecule has 1 aromatic rings. The second-order valence-corrected chi connectivity index (χ2v) is 6.25. The van der Waals surface area contributed by atoms with Crippen LogP contribution in [0.4, 0.5) is 14.5 Å². The third-order valence-electron chi connectivity index (χ3n) is 4.87. The van der Waals surface area contributed by atoms with Gasteiger partial charge in [0.25, 0.3) is 0 Å². The Bertz CT molecular complexity index is 614. The molecule has 2 atom stereocenters.